The van der Waals surface area contributed by atoms with Gasteiger partial charge in [-0.2, -0.15) is 4.39 Å². The molecule has 4 heteroatoms. The lowest BCUT2D eigenvalue weighted by molar-refractivity contribution is 0.830. The number of aromatic amines is 1. The number of halogens is 1. The third-order valence-electron chi connectivity index (χ3n) is 1.80. The molecule has 11 heavy (non-hydrogen) atoms. The molecule has 0 fully saturated rings. The van der Waals surface area contributed by atoms with Crippen molar-refractivity contribution >= 4 is 19.5 Å². The van der Waals surface area contributed by atoms with Crippen LogP contribution in [0.25, 0.3) is 6.20 Å². The summed E-state index contributed by atoms with van der Waals surface area (Å²) in [6, 6.07) is 1.92. The average Bonchev–Trinajstić information content (AvgIpc) is 2.45. The van der Waals surface area contributed by atoms with E-state index in [0.29, 0.717) is 0 Å². The highest BCUT2D eigenvalue weighted by atomic mass is 31.1. The molecule has 1 aliphatic rings. The molecule has 2 heterocycles. The maximum Gasteiger partial charge on any atom is 0.207 e. The lowest BCUT2D eigenvalue weighted by Crippen LogP contribution is -2.04. The van der Waals surface area contributed by atoms with E-state index in [-0.39, 0.29) is 5.71 Å². The Morgan fingerprint density at radius 2 is 2.45 bits per heavy atom. The van der Waals surface area contributed by atoms with Gasteiger partial charge in [0.15, 0.2) is 0 Å². The summed E-state index contributed by atoms with van der Waals surface area (Å²) in [5, 5.41) is 0.961. The molecular weight excluding hydrogens is 162 g/mol. The molecule has 1 aromatic heterocycles. The van der Waals surface area contributed by atoms with Crippen LogP contribution in [0, 0.1) is 4.94 Å². The Bertz CT molecular complexity index is 430. The van der Waals surface area contributed by atoms with Gasteiger partial charge in [-0.3, -0.25) is 0 Å². The van der Waals surface area contributed by atoms with Crippen LogP contribution in [0.1, 0.15) is 0 Å². The van der Waals surface area contributed by atoms with Crippen LogP contribution in [0.4, 0.5) is 4.39 Å². The summed E-state index contributed by atoms with van der Waals surface area (Å²) in [6.07, 6.45) is 3.37. The molecule has 1 aromatic rings. The number of nitrogens with one attached hydrogen (secondary N) is 1. The van der Waals surface area contributed by atoms with Gasteiger partial charge >= 0.3 is 0 Å². The van der Waals surface area contributed by atoms with Crippen molar-refractivity contribution in [2.75, 3.05) is 6.66 Å². The Balaban J connectivity index is 2.93. The maximum atomic E-state index is 12.9. The summed E-state index contributed by atoms with van der Waals surface area (Å²) < 4.78 is 12.9. The monoisotopic (exact) mass is 170 g/mol. The molecule has 0 saturated carbocycles. The lowest BCUT2D eigenvalue weighted by atomic mass is 10.6. The SMILES string of the molecule is C[PH]1=c2cc[nH]c2=CN=C1F. The van der Waals surface area contributed by atoms with Crippen LogP contribution in [0.15, 0.2) is 17.3 Å². The Morgan fingerprint density at radius 1 is 1.64 bits per heavy atom. The minimum Gasteiger partial charge on any atom is -0.360 e. The van der Waals surface area contributed by atoms with Gasteiger partial charge in [-0.1, -0.05) is 0 Å². The molecule has 58 valence electrons. The van der Waals surface area contributed by atoms with Crippen molar-refractivity contribution in [3.05, 3.63) is 22.6 Å². The Labute approximate surface area is 63.9 Å². The quantitative estimate of drug-likeness (QED) is 0.566. The minimum atomic E-state index is -1.16. The maximum absolute atomic E-state index is 12.9. The second-order valence-corrected chi connectivity index (χ2v) is 4.68. The Kier molecular flexibility index (Phi) is 1.46. The van der Waals surface area contributed by atoms with Gasteiger partial charge < -0.3 is 4.98 Å². The molecule has 1 aliphatic heterocycles. The van der Waals surface area contributed by atoms with E-state index in [1.807, 2.05) is 18.9 Å². The van der Waals surface area contributed by atoms with Gasteiger partial charge in [0.25, 0.3) is 0 Å². The summed E-state index contributed by atoms with van der Waals surface area (Å²) in [5.74, 6) is 0. The molecular formula is C7H8FN2P. The van der Waals surface area contributed by atoms with E-state index in [2.05, 4.69) is 9.98 Å². The highest BCUT2D eigenvalue weighted by molar-refractivity contribution is 7.66. The molecule has 0 bridgehead atoms. The molecule has 0 aromatic carbocycles. The fourth-order valence-electron chi connectivity index (χ4n) is 1.15. The van der Waals surface area contributed by atoms with Crippen molar-refractivity contribution in [1.29, 1.82) is 0 Å². The predicted molar refractivity (Wildman–Crippen MR) is 46.5 cm³/mol. The number of rotatable bonds is 0. The van der Waals surface area contributed by atoms with Crippen LogP contribution >= 0.6 is 7.55 Å². The molecule has 1 atom stereocenters. The van der Waals surface area contributed by atoms with Crippen molar-refractivity contribution in [2.24, 2.45) is 4.99 Å². The van der Waals surface area contributed by atoms with Crippen molar-refractivity contribution in [2.45, 2.75) is 0 Å². The highest BCUT2D eigenvalue weighted by Gasteiger charge is 2.03. The second-order valence-electron chi connectivity index (χ2n) is 2.48. The largest absolute Gasteiger partial charge is 0.360 e. The third kappa shape index (κ3) is 0.962. The molecule has 2 rings (SSSR count). The van der Waals surface area contributed by atoms with Crippen molar-refractivity contribution in [1.82, 2.24) is 4.98 Å². The Morgan fingerprint density at radius 3 is 3.27 bits per heavy atom. The molecule has 1 unspecified atom stereocenters. The van der Waals surface area contributed by atoms with Crippen LogP contribution in [-0.2, 0) is 0 Å². The van der Waals surface area contributed by atoms with E-state index in [1.54, 1.807) is 6.20 Å². The first-order valence-corrected chi connectivity index (χ1v) is 5.37. The number of aromatic nitrogens is 1. The standard InChI is InChI=1S/C7H8FN2P/c1-11-6-2-3-9-5(6)4-10-7(11)8/h2-4,9,11H,1H3. The van der Waals surface area contributed by atoms with Gasteiger partial charge in [0.2, 0.25) is 5.71 Å². The van der Waals surface area contributed by atoms with Crippen LogP contribution in [-0.4, -0.2) is 17.4 Å². The van der Waals surface area contributed by atoms with Crippen LogP contribution in [0.2, 0.25) is 0 Å². The molecule has 0 aliphatic carbocycles. The van der Waals surface area contributed by atoms with Crippen LogP contribution < -0.4 is 5.35 Å². The smallest absolute Gasteiger partial charge is 0.207 e. The van der Waals surface area contributed by atoms with Crippen molar-refractivity contribution < 1.29 is 4.39 Å². The van der Waals surface area contributed by atoms with Crippen molar-refractivity contribution in [3.63, 3.8) is 0 Å². The summed E-state index contributed by atoms with van der Waals surface area (Å²) in [6.45, 7) is 1.91. The zero-order valence-corrected chi connectivity index (χ0v) is 7.06. The summed E-state index contributed by atoms with van der Waals surface area (Å²) >= 11 is 0. The number of hydrogen-bond donors (Lipinski definition) is 1. The van der Waals surface area contributed by atoms with E-state index < -0.39 is 7.55 Å². The number of aliphatic imine (C=N–C) groups is 1. The number of hydrogen-bond acceptors (Lipinski definition) is 1. The first kappa shape index (κ1) is 6.86. The van der Waals surface area contributed by atoms with E-state index >= 15 is 0 Å². The number of nitrogens with zero attached hydrogens (tertiary/aromatic N) is 1. The second kappa shape index (κ2) is 2.35. The normalized spacial score (nSPS) is 22.0. The summed E-state index contributed by atoms with van der Waals surface area (Å²) in [7, 11) is -1.16. The van der Waals surface area contributed by atoms with Gasteiger partial charge in [0.1, 0.15) is 0 Å². The Hall–Kier alpha value is -0.820. The zero-order valence-electron chi connectivity index (χ0n) is 6.06. The summed E-state index contributed by atoms with van der Waals surface area (Å²) in [4.78, 5) is 7.75. The average molecular weight is 170 g/mol. The number of fused-ring (bicyclic) bond motifs is 1. The molecule has 0 amide bonds. The minimum absolute atomic E-state index is 0.206. The zero-order chi connectivity index (χ0) is 7.84. The van der Waals surface area contributed by atoms with Gasteiger partial charge in [0, 0.05) is 11.1 Å². The van der Waals surface area contributed by atoms with Crippen LogP contribution in [0.3, 0.4) is 0 Å². The van der Waals surface area contributed by atoms with Gasteiger partial charge in [-0.25, -0.2) is 4.99 Å². The molecule has 1 N–H and O–H groups in total. The topological polar surface area (TPSA) is 28.1 Å². The molecule has 0 spiro atoms. The number of H-pyrrole nitrogens is 1. The van der Waals surface area contributed by atoms with Gasteiger partial charge in [-0.15, -0.1) is 0 Å². The fourth-order valence-corrected chi connectivity index (χ4v) is 2.50. The first-order chi connectivity index (χ1) is 5.29. The van der Waals surface area contributed by atoms with Crippen molar-refractivity contribution in [3.8, 4) is 0 Å². The molecule has 0 saturated heterocycles. The van der Waals surface area contributed by atoms with E-state index in [4.69, 9.17) is 0 Å². The fraction of sp³-hybridized carbons (Fsp3) is 0.143. The van der Waals surface area contributed by atoms with Gasteiger partial charge in [0.05, 0.1) is 11.5 Å². The van der Waals surface area contributed by atoms with Crippen LogP contribution in [0.5, 0.6) is 0 Å². The predicted octanol–water partition coefficient (Wildman–Crippen LogP) is 1.19. The summed E-state index contributed by atoms with van der Waals surface area (Å²) in [5.41, 5.74) is -0.206. The third-order valence-corrected chi connectivity index (χ3v) is 3.79. The van der Waals surface area contributed by atoms with E-state index in [9.17, 15) is 4.39 Å². The molecule has 0 radical (unpaired) electrons. The highest BCUT2D eigenvalue weighted by Crippen LogP contribution is 2.25. The molecule has 2 nitrogen and oxygen atoms in total. The van der Waals surface area contributed by atoms with E-state index in [1.165, 1.54) is 0 Å². The van der Waals surface area contributed by atoms with E-state index in [0.717, 1.165) is 10.3 Å². The lowest BCUT2D eigenvalue weighted by Gasteiger charge is -1.98. The first-order valence-electron chi connectivity index (χ1n) is 3.37. The van der Waals surface area contributed by atoms with Gasteiger partial charge in [-0.05, 0) is 20.3 Å².